The molecule has 2 rings (SSSR count). The van der Waals surface area contributed by atoms with Crippen LogP contribution in [-0.2, 0) is 4.79 Å². The molecule has 0 aliphatic carbocycles. The third-order valence-electron chi connectivity index (χ3n) is 3.42. The molecule has 130 valence electrons. The number of phenols is 1. The Morgan fingerprint density at radius 1 is 1.12 bits per heavy atom. The van der Waals surface area contributed by atoms with E-state index in [0.29, 0.717) is 5.02 Å². The van der Waals surface area contributed by atoms with Gasteiger partial charge in [0.15, 0.2) is 5.78 Å². The normalized spacial score (nSPS) is 11.6. The number of phenolic OH excluding ortho intramolecular Hbond substituents is 1. The summed E-state index contributed by atoms with van der Waals surface area (Å²) in [5, 5.41) is 19.3. The summed E-state index contributed by atoms with van der Waals surface area (Å²) in [6.07, 6.45) is 3.00. The molecule has 0 aliphatic rings. The first-order valence-corrected chi connectivity index (χ1v) is 8.62. The van der Waals surface area contributed by atoms with Gasteiger partial charge in [0, 0.05) is 9.92 Å². The Labute approximate surface area is 155 Å². The molecule has 4 nitrogen and oxygen atoms in total. The van der Waals surface area contributed by atoms with Gasteiger partial charge in [-0.25, -0.2) is 0 Å². The van der Waals surface area contributed by atoms with Crippen molar-refractivity contribution in [3.8, 4) is 5.75 Å². The number of hydrogen-bond acceptors (Lipinski definition) is 4. The fourth-order valence-corrected chi connectivity index (χ4v) is 3.08. The van der Waals surface area contributed by atoms with E-state index in [4.69, 9.17) is 16.7 Å². The number of halogens is 1. The highest BCUT2D eigenvalue weighted by Gasteiger charge is 2.28. The summed E-state index contributed by atoms with van der Waals surface area (Å²) in [6, 6.07) is 11.5. The highest BCUT2D eigenvalue weighted by atomic mass is 35.5. The number of hydrogen-bond donors (Lipinski definition) is 2. The summed E-state index contributed by atoms with van der Waals surface area (Å²) < 4.78 is -0.917. The summed E-state index contributed by atoms with van der Waals surface area (Å²) >= 11 is 7.00. The first-order valence-electron chi connectivity index (χ1n) is 7.42. The van der Waals surface area contributed by atoms with E-state index >= 15 is 0 Å². The second-order valence-electron chi connectivity index (χ2n) is 5.85. The highest BCUT2D eigenvalue weighted by Crippen LogP contribution is 2.32. The number of carboxylic acid groups (broad SMARTS) is 1. The van der Waals surface area contributed by atoms with Crippen molar-refractivity contribution in [3.63, 3.8) is 0 Å². The van der Waals surface area contributed by atoms with Gasteiger partial charge >= 0.3 is 5.97 Å². The van der Waals surface area contributed by atoms with E-state index in [0.717, 1.165) is 10.5 Å². The van der Waals surface area contributed by atoms with Gasteiger partial charge in [-0.3, -0.25) is 9.59 Å². The van der Waals surface area contributed by atoms with Gasteiger partial charge in [-0.1, -0.05) is 29.8 Å². The van der Waals surface area contributed by atoms with E-state index in [2.05, 4.69) is 0 Å². The van der Waals surface area contributed by atoms with E-state index in [1.54, 1.807) is 50.3 Å². The largest absolute Gasteiger partial charge is 0.507 e. The summed E-state index contributed by atoms with van der Waals surface area (Å²) in [6.45, 7) is 3.29. The maximum Gasteiger partial charge on any atom is 0.319 e. The lowest BCUT2D eigenvalue weighted by Crippen LogP contribution is -2.26. The Bertz CT molecular complexity index is 826. The highest BCUT2D eigenvalue weighted by molar-refractivity contribution is 8.01. The van der Waals surface area contributed by atoms with Gasteiger partial charge in [0.05, 0.1) is 5.56 Å². The molecule has 0 bridgehead atoms. The van der Waals surface area contributed by atoms with Gasteiger partial charge in [-0.2, -0.15) is 0 Å². The molecule has 0 spiro atoms. The van der Waals surface area contributed by atoms with Gasteiger partial charge in [0.2, 0.25) is 0 Å². The summed E-state index contributed by atoms with van der Waals surface area (Å²) in [5.41, 5.74) is 0.968. The van der Waals surface area contributed by atoms with E-state index < -0.39 is 10.7 Å². The van der Waals surface area contributed by atoms with Crippen LogP contribution in [0.3, 0.4) is 0 Å². The molecule has 0 heterocycles. The Morgan fingerprint density at radius 2 is 1.76 bits per heavy atom. The zero-order valence-electron chi connectivity index (χ0n) is 13.7. The summed E-state index contributed by atoms with van der Waals surface area (Å²) in [7, 11) is 0. The predicted octanol–water partition coefficient (Wildman–Crippen LogP) is 4.90. The zero-order valence-corrected chi connectivity index (χ0v) is 15.3. The summed E-state index contributed by atoms with van der Waals surface area (Å²) in [5.74, 6) is -1.38. The molecule has 0 atom stereocenters. The van der Waals surface area contributed by atoms with Crippen LogP contribution >= 0.6 is 23.4 Å². The minimum absolute atomic E-state index is 0.162. The molecular weight excluding hydrogens is 360 g/mol. The quantitative estimate of drug-likeness (QED) is 0.426. The van der Waals surface area contributed by atoms with Crippen molar-refractivity contribution >= 4 is 41.2 Å². The van der Waals surface area contributed by atoms with Crippen molar-refractivity contribution in [2.24, 2.45) is 0 Å². The van der Waals surface area contributed by atoms with E-state index in [1.807, 2.05) is 0 Å². The molecule has 2 aromatic rings. The molecule has 2 N–H and O–H groups in total. The van der Waals surface area contributed by atoms with Crippen LogP contribution in [0.2, 0.25) is 5.02 Å². The molecule has 0 saturated heterocycles. The van der Waals surface area contributed by atoms with Crippen molar-refractivity contribution in [2.75, 3.05) is 0 Å². The molecule has 0 amide bonds. The Balaban J connectivity index is 2.09. The van der Waals surface area contributed by atoms with E-state index in [-0.39, 0.29) is 17.1 Å². The van der Waals surface area contributed by atoms with Gasteiger partial charge in [0.25, 0.3) is 0 Å². The maximum absolute atomic E-state index is 12.1. The minimum Gasteiger partial charge on any atom is -0.507 e. The van der Waals surface area contributed by atoms with Crippen LogP contribution in [0.1, 0.15) is 29.8 Å². The predicted molar refractivity (Wildman–Crippen MR) is 100 cm³/mol. The van der Waals surface area contributed by atoms with Crippen LogP contribution in [0.4, 0.5) is 0 Å². The van der Waals surface area contributed by atoms with Gasteiger partial charge in [-0.15, -0.1) is 11.8 Å². The number of allylic oxidation sites excluding steroid dienone is 1. The number of rotatable bonds is 6. The monoisotopic (exact) mass is 376 g/mol. The third kappa shape index (κ3) is 5.11. The van der Waals surface area contributed by atoms with Gasteiger partial charge in [0.1, 0.15) is 10.5 Å². The van der Waals surface area contributed by atoms with Crippen LogP contribution in [0.15, 0.2) is 53.4 Å². The SMILES string of the molecule is CC(C)(Sc1ccc(/C=C/C(=O)c2ccc(Cl)cc2O)cc1)C(=O)O. The average molecular weight is 377 g/mol. The number of carboxylic acids is 1. The number of thioether (sulfide) groups is 1. The van der Waals surface area contributed by atoms with E-state index in [9.17, 15) is 14.7 Å². The van der Waals surface area contributed by atoms with Crippen LogP contribution in [0.5, 0.6) is 5.75 Å². The van der Waals surface area contributed by atoms with Crippen molar-refractivity contribution in [3.05, 3.63) is 64.7 Å². The lowest BCUT2D eigenvalue weighted by Gasteiger charge is -2.18. The van der Waals surface area contributed by atoms with Crippen molar-refractivity contribution in [1.82, 2.24) is 0 Å². The maximum atomic E-state index is 12.1. The fourth-order valence-electron chi connectivity index (χ4n) is 1.96. The smallest absolute Gasteiger partial charge is 0.319 e. The Kier molecular flexibility index (Phi) is 5.93. The lowest BCUT2D eigenvalue weighted by molar-refractivity contribution is -0.138. The molecule has 2 aromatic carbocycles. The van der Waals surface area contributed by atoms with Crippen LogP contribution in [0.25, 0.3) is 6.08 Å². The number of aliphatic carboxylic acids is 1. The number of ketones is 1. The van der Waals surface area contributed by atoms with Gasteiger partial charge < -0.3 is 10.2 Å². The number of benzene rings is 2. The minimum atomic E-state index is -0.917. The first-order chi connectivity index (χ1) is 11.7. The third-order valence-corrected chi connectivity index (χ3v) is 4.85. The molecule has 6 heteroatoms. The Morgan fingerprint density at radius 3 is 2.32 bits per heavy atom. The fraction of sp³-hybridized carbons (Fsp3) is 0.158. The second kappa shape index (κ2) is 7.76. The number of aromatic hydroxyl groups is 1. The molecule has 0 unspecified atom stereocenters. The van der Waals surface area contributed by atoms with Crippen LogP contribution in [-0.4, -0.2) is 26.7 Å². The number of carbonyl (C=O) groups excluding carboxylic acids is 1. The van der Waals surface area contributed by atoms with Crippen molar-refractivity contribution in [1.29, 1.82) is 0 Å². The zero-order chi connectivity index (χ0) is 18.6. The van der Waals surface area contributed by atoms with Gasteiger partial charge in [-0.05, 0) is 55.8 Å². The molecule has 0 saturated carbocycles. The standard InChI is InChI=1S/C19H17ClO4S/c1-19(2,18(23)24)25-14-7-3-12(4-8-14)5-10-16(21)15-9-6-13(20)11-17(15)22/h3-11,22H,1-2H3,(H,23,24)/b10-5+. The molecular formula is C19H17ClO4S. The van der Waals surface area contributed by atoms with Crippen molar-refractivity contribution in [2.45, 2.75) is 23.5 Å². The van der Waals surface area contributed by atoms with Crippen molar-refractivity contribution < 1.29 is 19.8 Å². The van der Waals surface area contributed by atoms with E-state index in [1.165, 1.54) is 30.0 Å². The number of carbonyl (C=O) groups is 2. The topological polar surface area (TPSA) is 74.6 Å². The first kappa shape index (κ1) is 19.1. The van der Waals surface area contributed by atoms with Crippen LogP contribution < -0.4 is 0 Å². The molecule has 0 radical (unpaired) electrons. The summed E-state index contributed by atoms with van der Waals surface area (Å²) in [4.78, 5) is 24.1. The molecule has 25 heavy (non-hydrogen) atoms. The molecule has 0 fully saturated rings. The second-order valence-corrected chi connectivity index (χ2v) is 7.98. The lowest BCUT2D eigenvalue weighted by atomic mass is 10.1. The average Bonchev–Trinajstić information content (AvgIpc) is 2.53. The Hall–Kier alpha value is -2.24. The van der Waals surface area contributed by atoms with Crippen LogP contribution in [0, 0.1) is 0 Å². The molecule has 0 aliphatic heterocycles. The molecule has 0 aromatic heterocycles.